The van der Waals surface area contributed by atoms with Crippen molar-refractivity contribution in [3.63, 3.8) is 0 Å². The summed E-state index contributed by atoms with van der Waals surface area (Å²) in [6, 6.07) is 17.0. The molecule has 0 atom stereocenters. The van der Waals surface area contributed by atoms with Crippen molar-refractivity contribution in [3.05, 3.63) is 60.8 Å². The van der Waals surface area contributed by atoms with Gasteiger partial charge in [0.2, 0.25) is 0 Å². The van der Waals surface area contributed by atoms with Crippen molar-refractivity contribution in [2.24, 2.45) is 0 Å². The molecule has 0 saturated heterocycles. The molecule has 1 heterocycles. The summed E-state index contributed by atoms with van der Waals surface area (Å²) in [6.07, 6.45) is 1.75. The fourth-order valence-electron chi connectivity index (χ4n) is 1.99. The molecule has 3 aromatic rings. The molecule has 0 saturated carbocycles. The predicted octanol–water partition coefficient (Wildman–Crippen LogP) is 2.98. The lowest BCUT2D eigenvalue weighted by molar-refractivity contribution is 1.18. The summed E-state index contributed by atoms with van der Waals surface area (Å²) in [6.45, 7) is 0. The molecule has 0 aliphatic carbocycles. The Kier molecular flexibility index (Phi) is 3.05. The molecule has 3 rings (SSSR count). The molecule has 0 aliphatic heterocycles. The highest BCUT2D eigenvalue weighted by atomic mass is 14.9. The quantitative estimate of drug-likeness (QED) is 0.696. The van der Waals surface area contributed by atoms with Gasteiger partial charge in [-0.1, -0.05) is 12.1 Å². The molecule has 98 valence electrons. The van der Waals surface area contributed by atoms with Crippen LogP contribution in [-0.4, -0.2) is 9.97 Å². The summed E-state index contributed by atoms with van der Waals surface area (Å²) < 4.78 is 0. The van der Waals surface area contributed by atoms with Crippen LogP contribution in [0.4, 0.5) is 11.4 Å². The van der Waals surface area contributed by atoms with E-state index in [-0.39, 0.29) is 0 Å². The van der Waals surface area contributed by atoms with Crippen LogP contribution in [0.25, 0.3) is 22.6 Å². The van der Waals surface area contributed by atoms with Crippen LogP contribution in [0.5, 0.6) is 0 Å². The van der Waals surface area contributed by atoms with Crippen LogP contribution in [0, 0.1) is 0 Å². The first-order valence-corrected chi connectivity index (χ1v) is 6.27. The van der Waals surface area contributed by atoms with Gasteiger partial charge in [0.05, 0.1) is 5.69 Å². The van der Waals surface area contributed by atoms with Crippen molar-refractivity contribution < 1.29 is 0 Å². The Morgan fingerprint density at radius 3 is 2.30 bits per heavy atom. The maximum Gasteiger partial charge on any atom is 0.159 e. The minimum atomic E-state index is 0.671. The first-order valence-electron chi connectivity index (χ1n) is 6.27. The Labute approximate surface area is 117 Å². The number of hydrogen-bond donors (Lipinski definition) is 2. The molecule has 0 unspecified atom stereocenters. The number of rotatable bonds is 2. The molecular formula is C16H14N4. The summed E-state index contributed by atoms with van der Waals surface area (Å²) in [7, 11) is 0. The SMILES string of the molecule is Nc1ccc(-c2nccc(-c3cccc(N)c3)n2)cc1. The van der Waals surface area contributed by atoms with Gasteiger partial charge in [-0.25, -0.2) is 9.97 Å². The number of aromatic nitrogens is 2. The Bertz CT molecular complexity index is 735. The number of anilines is 2. The third kappa shape index (κ3) is 2.44. The van der Waals surface area contributed by atoms with Gasteiger partial charge in [-0.15, -0.1) is 0 Å². The summed E-state index contributed by atoms with van der Waals surface area (Å²) >= 11 is 0. The van der Waals surface area contributed by atoms with Crippen molar-refractivity contribution in [1.82, 2.24) is 9.97 Å². The second-order valence-corrected chi connectivity index (χ2v) is 4.51. The third-order valence-corrected chi connectivity index (χ3v) is 3.01. The maximum atomic E-state index is 5.80. The van der Waals surface area contributed by atoms with Crippen LogP contribution in [-0.2, 0) is 0 Å². The van der Waals surface area contributed by atoms with E-state index in [2.05, 4.69) is 9.97 Å². The summed E-state index contributed by atoms with van der Waals surface area (Å²) in [5, 5.41) is 0. The van der Waals surface area contributed by atoms with E-state index in [4.69, 9.17) is 11.5 Å². The zero-order valence-electron chi connectivity index (χ0n) is 10.8. The minimum absolute atomic E-state index is 0.671. The molecule has 0 spiro atoms. The summed E-state index contributed by atoms with van der Waals surface area (Å²) in [4.78, 5) is 8.88. The largest absolute Gasteiger partial charge is 0.399 e. The summed E-state index contributed by atoms with van der Waals surface area (Å²) in [5.74, 6) is 0.671. The monoisotopic (exact) mass is 262 g/mol. The molecule has 0 bridgehead atoms. The second-order valence-electron chi connectivity index (χ2n) is 4.51. The van der Waals surface area contributed by atoms with Gasteiger partial charge in [-0.05, 0) is 42.5 Å². The van der Waals surface area contributed by atoms with Crippen LogP contribution in [0.2, 0.25) is 0 Å². The van der Waals surface area contributed by atoms with Gasteiger partial charge in [0.15, 0.2) is 5.82 Å². The van der Waals surface area contributed by atoms with Crippen LogP contribution in [0.15, 0.2) is 60.8 Å². The van der Waals surface area contributed by atoms with Crippen molar-refractivity contribution >= 4 is 11.4 Å². The van der Waals surface area contributed by atoms with E-state index in [1.165, 1.54) is 0 Å². The van der Waals surface area contributed by atoms with Crippen molar-refractivity contribution in [2.75, 3.05) is 11.5 Å². The molecule has 2 aromatic carbocycles. The van der Waals surface area contributed by atoms with E-state index >= 15 is 0 Å². The lowest BCUT2D eigenvalue weighted by Gasteiger charge is -2.05. The normalized spacial score (nSPS) is 10.4. The molecule has 4 N–H and O–H groups in total. The van der Waals surface area contributed by atoms with E-state index < -0.39 is 0 Å². The van der Waals surface area contributed by atoms with Crippen LogP contribution < -0.4 is 11.5 Å². The first kappa shape index (κ1) is 12.2. The highest BCUT2D eigenvalue weighted by Crippen LogP contribution is 2.22. The van der Waals surface area contributed by atoms with Gasteiger partial charge < -0.3 is 11.5 Å². The number of nitrogens with two attached hydrogens (primary N) is 2. The highest BCUT2D eigenvalue weighted by molar-refractivity contribution is 5.67. The summed E-state index contributed by atoms with van der Waals surface area (Å²) in [5.41, 5.74) is 15.7. The highest BCUT2D eigenvalue weighted by Gasteiger charge is 2.04. The van der Waals surface area contributed by atoms with E-state index in [0.717, 1.165) is 28.2 Å². The number of hydrogen-bond acceptors (Lipinski definition) is 4. The lowest BCUT2D eigenvalue weighted by atomic mass is 10.1. The van der Waals surface area contributed by atoms with Gasteiger partial charge in [0.25, 0.3) is 0 Å². The van der Waals surface area contributed by atoms with Gasteiger partial charge in [-0.2, -0.15) is 0 Å². The zero-order valence-corrected chi connectivity index (χ0v) is 10.8. The van der Waals surface area contributed by atoms with Crippen LogP contribution >= 0.6 is 0 Å². The third-order valence-electron chi connectivity index (χ3n) is 3.01. The maximum absolute atomic E-state index is 5.80. The molecule has 4 heteroatoms. The Morgan fingerprint density at radius 1 is 0.750 bits per heavy atom. The van der Waals surface area contributed by atoms with E-state index in [9.17, 15) is 0 Å². The van der Waals surface area contributed by atoms with E-state index in [1.807, 2.05) is 54.6 Å². The van der Waals surface area contributed by atoms with E-state index in [1.54, 1.807) is 6.20 Å². The molecule has 4 nitrogen and oxygen atoms in total. The zero-order chi connectivity index (χ0) is 13.9. The number of nitrogen functional groups attached to an aromatic ring is 2. The number of benzene rings is 2. The van der Waals surface area contributed by atoms with Crippen LogP contribution in [0.3, 0.4) is 0 Å². The van der Waals surface area contributed by atoms with Gasteiger partial charge >= 0.3 is 0 Å². The predicted molar refractivity (Wildman–Crippen MR) is 81.7 cm³/mol. The van der Waals surface area contributed by atoms with Crippen molar-refractivity contribution in [2.45, 2.75) is 0 Å². The van der Waals surface area contributed by atoms with Crippen LogP contribution in [0.1, 0.15) is 0 Å². The van der Waals surface area contributed by atoms with Gasteiger partial charge in [-0.3, -0.25) is 0 Å². The standard InChI is InChI=1S/C16H14N4/c17-13-6-4-11(5-7-13)16-19-9-8-15(20-16)12-2-1-3-14(18)10-12/h1-10H,17-18H2. The molecule has 0 fully saturated rings. The smallest absolute Gasteiger partial charge is 0.159 e. The molecular weight excluding hydrogens is 248 g/mol. The Hall–Kier alpha value is -2.88. The molecule has 20 heavy (non-hydrogen) atoms. The Balaban J connectivity index is 2.03. The lowest BCUT2D eigenvalue weighted by Crippen LogP contribution is -1.93. The minimum Gasteiger partial charge on any atom is -0.399 e. The van der Waals surface area contributed by atoms with Crippen molar-refractivity contribution in [1.29, 1.82) is 0 Å². The average Bonchev–Trinajstić information content (AvgIpc) is 2.48. The fourth-order valence-corrected chi connectivity index (χ4v) is 1.99. The van der Waals surface area contributed by atoms with Gasteiger partial charge in [0.1, 0.15) is 0 Å². The fraction of sp³-hybridized carbons (Fsp3) is 0. The molecule has 0 amide bonds. The average molecular weight is 262 g/mol. The van der Waals surface area contributed by atoms with E-state index in [0.29, 0.717) is 5.82 Å². The molecule has 0 aliphatic rings. The molecule has 0 radical (unpaired) electrons. The topological polar surface area (TPSA) is 77.8 Å². The number of nitrogens with zero attached hydrogens (tertiary/aromatic N) is 2. The first-order chi connectivity index (χ1) is 9.72. The second kappa shape index (κ2) is 5.01. The van der Waals surface area contributed by atoms with Gasteiger partial charge in [0, 0.05) is 28.7 Å². The van der Waals surface area contributed by atoms with Crippen molar-refractivity contribution in [3.8, 4) is 22.6 Å². The Morgan fingerprint density at radius 2 is 1.55 bits per heavy atom. The molecule has 1 aromatic heterocycles.